The van der Waals surface area contributed by atoms with Crippen LogP contribution in [-0.4, -0.2) is 33.9 Å². The molecule has 2 unspecified atom stereocenters. The zero-order valence-electron chi connectivity index (χ0n) is 14.9. The van der Waals surface area contributed by atoms with Crippen molar-refractivity contribution in [2.24, 2.45) is 5.92 Å². The Labute approximate surface area is 158 Å². The van der Waals surface area contributed by atoms with Crippen molar-refractivity contribution in [2.75, 3.05) is 14.2 Å². The zero-order chi connectivity index (χ0) is 18.6. The van der Waals surface area contributed by atoms with Gasteiger partial charge in [0.2, 0.25) is 0 Å². The Bertz CT molecular complexity index is 729. The topological polar surface area (TPSA) is 69.7 Å². The number of carbonyl (C=O) groups excluding carboxylic acids is 1. The van der Waals surface area contributed by atoms with Crippen LogP contribution in [-0.2, 0) is 20.3 Å². The Morgan fingerprint density at radius 1 is 1.28 bits per heavy atom. The molecule has 2 atom stereocenters. The fraction of sp³-hybridized carbons (Fsp3) is 0.611. The van der Waals surface area contributed by atoms with Crippen LogP contribution >= 0.6 is 15.9 Å². The molecule has 0 bridgehead atoms. The van der Waals surface area contributed by atoms with Gasteiger partial charge in [-0.3, -0.25) is 0 Å². The molecule has 0 heterocycles. The highest BCUT2D eigenvalue weighted by atomic mass is 79.9. The Hall–Kier alpha value is -1.08. The minimum Gasteiger partial charge on any atom is -0.495 e. The van der Waals surface area contributed by atoms with Crippen molar-refractivity contribution in [1.82, 2.24) is 0 Å². The van der Waals surface area contributed by atoms with Crippen molar-refractivity contribution in [3.05, 3.63) is 27.7 Å². The van der Waals surface area contributed by atoms with Gasteiger partial charge in [0.05, 0.1) is 29.7 Å². The number of rotatable bonds is 7. The van der Waals surface area contributed by atoms with Crippen molar-refractivity contribution in [2.45, 2.75) is 50.0 Å². The lowest BCUT2D eigenvalue weighted by molar-refractivity contribution is 0.0596. The minimum absolute atomic E-state index is 0.174. The van der Waals surface area contributed by atoms with Gasteiger partial charge >= 0.3 is 5.97 Å². The summed E-state index contributed by atoms with van der Waals surface area (Å²) in [6.07, 6.45) is 4.52. The summed E-state index contributed by atoms with van der Waals surface area (Å²) in [4.78, 5) is 12.2. The molecule has 1 aromatic rings. The number of esters is 1. The van der Waals surface area contributed by atoms with E-state index in [1.54, 1.807) is 12.1 Å². The van der Waals surface area contributed by atoms with E-state index in [0.717, 1.165) is 25.7 Å². The van der Waals surface area contributed by atoms with Crippen molar-refractivity contribution in [3.63, 3.8) is 0 Å². The quantitative estimate of drug-likeness (QED) is 0.605. The summed E-state index contributed by atoms with van der Waals surface area (Å²) in [6.45, 7) is 2.08. The lowest BCUT2D eigenvalue weighted by atomic mass is 10.0. The van der Waals surface area contributed by atoms with Gasteiger partial charge in [0, 0.05) is 0 Å². The summed E-state index contributed by atoms with van der Waals surface area (Å²) < 4.78 is 36.8. The monoisotopic (exact) mass is 432 g/mol. The van der Waals surface area contributed by atoms with Gasteiger partial charge < -0.3 is 9.47 Å². The number of hydrogen-bond acceptors (Lipinski definition) is 5. The minimum atomic E-state index is -3.37. The lowest BCUT2D eigenvalue weighted by Crippen LogP contribution is -2.27. The van der Waals surface area contributed by atoms with Crippen LogP contribution < -0.4 is 4.74 Å². The lowest BCUT2D eigenvalue weighted by Gasteiger charge is -2.21. The predicted octanol–water partition coefficient (Wildman–Crippen LogP) is 4.13. The van der Waals surface area contributed by atoms with E-state index in [-0.39, 0.29) is 22.5 Å². The molecule has 1 fully saturated rings. The molecule has 1 aromatic carbocycles. The van der Waals surface area contributed by atoms with Gasteiger partial charge in [-0.25, -0.2) is 13.2 Å². The smallest absolute Gasteiger partial charge is 0.342 e. The second-order valence-electron chi connectivity index (χ2n) is 6.43. The standard InChI is InChI=1S/C18H25BrO5S/c1-4-6-12-7-5-8-15(12)25(21,22)11-13-9-10-14(19)17(23-2)16(13)18(20)24-3/h9-10,12,15H,4-8,11H2,1-3H3. The van der Waals surface area contributed by atoms with E-state index in [9.17, 15) is 13.2 Å². The molecule has 1 aliphatic carbocycles. The Balaban J connectivity index is 2.40. The van der Waals surface area contributed by atoms with E-state index in [1.807, 2.05) is 0 Å². The molecule has 2 rings (SSSR count). The Kier molecular flexibility index (Phi) is 6.91. The number of halogens is 1. The van der Waals surface area contributed by atoms with E-state index in [0.29, 0.717) is 22.2 Å². The molecule has 0 N–H and O–H groups in total. The highest BCUT2D eigenvalue weighted by molar-refractivity contribution is 9.10. The van der Waals surface area contributed by atoms with E-state index < -0.39 is 15.8 Å². The zero-order valence-corrected chi connectivity index (χ0v) is 17.3. The van der Waals surface area contributed by atoms with Crippen LogP contribution in [0.5, 0.6) is 5.75 Å². The number of methoxy groups -OCH3 is 2. The van der Waals surface area contributed by atoms with Crippen LogP contribution in [0.3, 0.4) is 0 Å². The fourth-order valence-corrected chi connectivity index (χ4v) is 6.51. The number of hydrogen-bond donors (Lipinski definition) is 0. The second-order valence-corrected chi connectivity index (χ2v) is 9.51. The molecule has 0 spiro atoms. The summed E-state index contributed by atoms with van der Waals surface area (Å²) in [5, 5.41) is -0.326. The summed E-state index contributed by atoms with van der Waals surface area (Å²) in [5.74, 6) is -0.253. The number of ether oxygens (including phenoxy) is 2. The number of benzene rings is 1. The van der Waals surface area contributed by atoms with Crippen molar-refractivity contribution in [1.29, 1.82) is 0 Å². The van der Waals surface area contributed by atoms with Gasteiger partial charge in [-0.1, -0.05) is 25.8 Å². The van der Waals surface area contributed by atoms with E-state index in [2.05, 4.69) is 22.9 Å². The van der Waals surface area contributed by atoms with Crippen LogP contribution in [0, 0.1) is 5.92 Å². The molecule has 25 heavy (non-hydrogen) atoms. The van der Waals surface area contributed by atoms with E-state index in [1.165, 1.54) is 14.2 Å². The second kappa shape index (κ2) is 8.54. The Morgan fingerprint density at radius 2 is 2.00 bits per heavy atom. The van der Waals surface area contributed by atoms with Crippen LogP contribution in [0.15, 0.2) is 16.6 Å². The van der Waals surface area contributed by atoms with Crippen LogP contribution in [0.4, 0.5) is 0 Å². The summed E-state index contributed by atoms with van der Waals surface area (Å²) in [5.41, 5.74) is 0.599. The van der Waals surface area contributed by atoms with Crippen molar-refractivity contribution in [3.8, 4) is 5.75 Å². The Morgan fingerprint density at radius 3 is 2.60 bits per heavy atom. The van der Waals surface area contributed by atoms with Gasteiger partial charge in [0.15, 0.2) is 9.84 Å². The predicted molar refractivity (Wildman–Crippen MR) is 101 cm³/mol. The molecule has 0 aliphatic heterocycles. The molecule has 1 aliphatic rings. The van der Waals surface area contributed by atoms with Crippen LogP contribution in [0.1, 0.15) is 54.9 Å². The number of sulfone groups is 1. The third-order valence-corrected chi connectivity index (χ3v) is 7.74. The van der Waals surface area contributed by atoms with Crippen molar-refractivity contribution >= 4 is 31.7 Å². The number of carbonyl (C=O) groups is 1. The normalized spacial score (nSPS) is 20.5. The first-order chi connectivity index (χ1) is 11.9. The van der Waals surface area contributed by atoms with Crippen molar-refractivity contribution < 1.29 is 22.7 Å². The van der Waals surface area contributed by atoms with E-state index in [4.69, 9.17) is 9.47 Å². The van der Waals surface area contributed by atoms with E-state index >= 15 is 0 Å². The maximum absolute atomic E-state index is 13.0. The first kappa shape index (κ1) is 20.2. The largest absolute Gasteiger partial charge is 0.495 e. The maximum atomic E-state index is 13.0. The third kappa shape index (κ3) is 4.37. The summed E-state index contributed by atoms with van der Waals surface area (Å²) in [6, 6.07) is 3.36. The first-order valence-corrected chi connectivity index (χ1v) is 11.0. The van der Waals surface area contributed by atoms with Crippen LogP contribution in [0.2, 0.25) is 0 Å². The highest BCUT2D eigenvalue weighted by Crippen LogP contribution is 2.38. The fourth-order valence-electron chi connectivity index (χ4n) is 3.74. The summed E-state index contributed by atoms with van der Waals surface area (Å²) >= 11 is 3.33. The van der Waals surface area contributed by atoms with Gasteiger partial charge in [0.1, 0.15) is 11.3 Å². The summed E-state index contributed by atoms with van der Waals surface area (Å²) in [7, 11) is -0.649. The molecule has 5 nitrogen and oxygen atoms in total. The van der Waals surface area contributed by atoms with Gasteiger partial charge in [0.25, 0.3) is 0 Å². The highest BCUT2D eigenvalue weighted by Gasteiger charge is 2.37. The average molecular weight is 433 g/mol. The average Bonchev–Trinajstić information content (AvgIpc) is 3.05. The maximum Gasteiger partial charge on any atom is 0.342 e. The van der Waals surface area contributed by atoms with Crippen LogP contribution in [0.25, 0.3) is 0 Å². The molecule has 0 saturated heterocycles. The molecule has 140 valence electrons. The molecule has 7 heteroatoms. The van der Waals surface area contributed by atoms with Gasteiger partial charge in [-0.2, -0.15) is 0 Å². The SMILES string of the molecule is CCCC1CCCC1S(=O)(=O)Cc1ccc(Br)c(OC)c1C(=O)OC. The third-order valence-electron chi connectivity index (χ3n) is 4.86. The molecular formula is C18H25BrO5S. The molecule has 0 radical (unpaired) electrons. The molecule has 0 aromatic heterocycles. The molecule has 1 saturated carbocycles. The molecular weight excluding hydrogens is 408 g/mol. The first-order valence-electron chi connectivity index (χ1n) is 8.50. The van der Waals surface area contributed by atoms with Gasteiger partial charge in [-0.15, -0.1) is 0 Å². The molecule has 0 amide bonds. The van der Waals surface area contributed by atoms with Gasteiger partial charge in [-0.05, 0) is 52.7 Å².